The summed E-state index contributed by atoms with van der Waals surface area (Å²) in [6, 6.07) is 8.02. The van der Waals surface area contributed by atoms with E-state index in [9.17, 15) is 9.18 Å². The van der Waals surface area contributed by atoms with Crippen molar-refractivity contribution < 1.29 is 18.7 Å². The van der Waals surface area contributed by atoms with E-state index in [1.54, 1.807) is 18.3 Å². The molecule has 2 aromatic heterocycles. The third-order valence-corrected chi connectivity index (χ3v) is 6.97. The molecule has 1 aromatic carbocycles. The highest BCUT2D eigenvalue weighted by atomic mass is 19.1. The molecule has 11 heteroatoms. The van der Waals surface area contributed by atoms with E-state index in [1.807, 2.05) is 25.1 Å². The Morgan fingerprint density at radius 3 is 2.56 bits per heavy atom. The minimum absolute atomic E-state index is 0.116. The number of likely N-dealkylation sites (N-methyl/N-ethyl adjacent to an activating group) is 1. The fraction of sp³-hybridized carbons (Fsp3) is 0.500. The van der Waals surface area contributed by atoms with Crippen LogP contribution in [0, 0.1) is 11.7 Å². The number of likely N-dealkylation sites (tertiary alicyclic amines) is 1. The monoisotopic (exact) mass is 537 g/mol. The van der Waals surface area contributed by atoms with Crippen LogP contribution >= 0.6 is 0 Å². The van der Waals surface area contributed by atoms with Gasteiger partial charge in [0.15, 0.2) is 6.29 Å². The van der Waals surface area contributed by atoms with Gasteiger partial charge in [0.05, 0.1) is 42.6 Å². The maximum absolute atomic E-state index is 13.7. The van der Waals surface area contributed by atoms with Gasteiger partial charge in [-0.2, -0.15) is 0 Å². The zero-order chi connectivity index (χ0) is 27.2. The first-order valence-corrected chi connectivity index (χ1v) is 13.5. The summed E-state index contributed by atoms with van der Waals surface area (Å²) in [6.07, 6.45) is 4.83. The summed E-state index contributed by atoms with van der Waals surface area (Å²) in [5.41, 5.74) is 2.76. The number of nitrogens with one attached hydrogen (secondary N) is 2. The number of hydrogen-bond acceptors (Lipinski definition) is 8. The largest absolute Gasteiger partial charge is 0.353 e. The van der Waals surface area contributed by atoms with Gasteiger partial charge in [0.1, 0.15) is 11.6 Å². The quantitative estimate of drug-likeness (QED) is 0.429. The van der Waals surface area contributed by atoms with E-state index in [0.717, 1.165) is 38.0 Å². The van der Waals surface area contributed by atoms with Crippen LogP contribution in [0.25, 0.3) is 22.6 Å². The van der Waals surface area contributed by atoms with Crippen molar-refractivity contribution in [3.05, 3.63) is 48.2 Å². The Morgan fingerprint density at radius 1 is 1.10 bits per heavy atom. The second-order valence-electron chi connectivity index (χ2n) is 10.3. The van der Waals surface area contributed by atoms with Crippen LogP contribution in [0.15, 0.2) is 36.5 Å². The lowest BCUT2D eigenvalue weighted by Gasteiger charge is -2.34. The van der Waals surface area contributed by atoms with Gasteiger partial charge in [-0.05, 0) is 63.7 Å². The van der Waals surface area contributed by atoms with Crippen molar-refractivity contribution in [2.45, 2.75) is 32.0 Å². The normalized spacial score (nSPS) is 19.8. The molecule has 3 aromatic rings. The predicted octanol–water partition coefficient (Wildman–Crippen LogP) is 3.19. The zero-order valence-corrected chi connectivity index (χ0v) is 22.5. The molecule has 1 amide bonds. The molecule has 2 saturated heterocycles. The molecule has 0 bridgehead atoms. The number of carbonyl (C=O) groups excluding carboxylic acids is 1. The van der Waals surface area contributed by atoms with Crippen molar-refractivity contribution in [3.8, 4) is 22.6 Å². The van der Waals surface area contributed by atoms with Crippen LogP contribution in [-0.4, -0.2) is 95.4 Å². The fourth-order valence-corrected chi connectivity index (χ4v) is 4.83. The molecule has 10 nitrogen and oxygen atoms in total. The predicted molar refractivity (Wildman–Crippen MR) is 145 cm³/mol. The molecule has 2 N–H and O–H groups in total. The lowest BCUT2D eigenvalue weighted by atomic mass is 10.1. The molecule has 2 aliphatic heterocycles. The second-order valence-corrected chi connectivity index (χ2v) is 10.3. The number of rotatable bonds is 9. The SMILES string of the molecule is CN(C)CCNc1nccc(-c2[nH]c(CC3OCC(C(=O)N4CCCCC4)CO3)nc2-c2ccc(F)cc2)n1. The number of H-pyrrole nitrogens is 1. The van der Waals surface area contributed by atoms with Crippen molar-refractivity contribution in [3.63, 3.8) is 0 Å². The van der Waals surface area contributed by atoms with Crippen LogP contribution in [0.1, 0.15) is 25.1 Å². The minimum Gasteiger partial charge on any atom is -0.353 e. The van der Waals surface area contributed by atoms with Crippen LogP contribution in [0.5, 0.6) is 0 Å². The number of nitrogens with zero attached hydrogens (tertiary/aromatic N) is 5. The number of aromatic amines is 1. The lowest BCUT2D eigenvalue weighted by Crippen LogP contribution is -2.46. The van der Waals surface area contributed by atoms with Gasteiger partial charge in [-0.15, -0.1) is 0 Å². The molecule has 0 aliphatic carbocycles. The highest BCUT2D eigenvalue weighted by Gasteiger charge is 2.32. The topological polar surface area (TPSA) is 108 Å². The fourth-order valence-electron chi connectivity index (χ4n) is 4.83. The molecule has 208 valence electrons. The van der Waals surface area contributed by atoms with E-state index in [4.69, 9.17) is 14.5 Å². The number of anilines is 1. The summed E-state index contributed by atoms with van der Waals surface area (Å²) in [7, 11) is 4.01. The van der Waals surface area contributed by atoms with E-state index in [1.165, 1.54) is 18.6 Å². The van der Waals surface area contributed by atoms with Crippen LogP contribution in [-0.2, 0) is 20.7 Å². The van der Waals surface area contributed by atoms with Crippen LogP contribution in [0.2, 0.25) is 0 Å². The molecule has 0 spiro atoms. The third-order valence-electron chi connectivity index (χ3n) is 6.97. The van der Waals surface area contributed by atoms with E-state index in [2.05, 4.69) is 25.2 Å². The third kappa shape index (κ3) is 6.97. The number of benzene rings is 1. The van der Waals surface area contributed by atoms with Gasteiger partial charge in [-0.1, -0.05) is 0 Å². The van der Waals surface area contributed by atoms with Gasteiger partial charge >= 0.3 is 0 Å². The van der Waals surface area contributed by atoms with E-state index < -0.39 is 6.29 Å². The lowest BCUT2D eigenvalue weighted by molar-refractivity contribution is -0.204. The molecule has 0 unspecified atom stereocenters. The van der Waals surface area contributed by atoms with E-state index in [-0.39, 0.29) is 17.6 Å². The molecule has 0 atom stereocenters. The number of halogens is 1. The maximum atomic E-state index is 13.7. The number of amides is 1. The van der Waals surface area contributed by atoms with Crippen molar-refractivity contribution >= 4 is 11.9 Å². The number of aromatic nitrogens is 4. The summed E-state index contributed by atoms with van der Waals surface area (Å²) in [4.78, 5) is 34.1. The molecular formula is C28H36FN7O3. The molecule has 0 radical (unpaired) electrons. The molecule has 2 fully saturated rings. The first kappa shape index (κ1) is 27.2. The van der Waals surface area contributed by atoms with Crippen molar-refractivity contribution in [2.75, 3.05) is 58.8 Å². The van der Waals surface area contributed by atoms with Crippen LogP contribution in [0.4, 0.5) is 10.3 Å². The van der Waals surface area contributed by atoms with E-state index >= 15 is 0 Å². The van der Waals surface area contributed by atoms with Crippen molar-refractivity contribution in [1.82, 2.24) is 29.7 Å². The number of ether oxygens (including phenoxy) is 2. The van der Waals surface area contributed by atoms with Gasteiger partial charge in [-0.25, -0.2) is 19.3 Å². The second kappa shape index (κ2) is 12.6. The Morgan fingerprint density at radius 2 is 1.85 bits per heavy atom. The Hall–Kier alpha value is -3.41. The summed E-state index contributed by atoms with van der Waals surface area (Å²) in [6.45, 7) is 3.83. The van der Waals surface area contributed by atoms with Gasteiger partial charge in [0, 0.05) is 37.9 Å². The number of hydrogen-bond donors (Lipinski definition) is 2. The van der Waals surface area contributed by atoms with E-state index in [0.29, 0.717) is 55.0 Å². The summed E-state index contributed by atoms with van der Waals surface area (Å²) in [5, 5.41) is 3.24. The van der Waals surface area contributed by atoms with Crippen molar-refractivity contribution in [2.24, 2.45) is 5.92 Å². The average molecular weight is 538 g/mol. The van der Waals surface area contributed by atoms with Crippen LogP contribution in [0.3, 0.4) is 0 Å². The smallest absolute Gasteiger partial charge is 0.230 e. The molecule has 4 heterocycles. The molecule has 5 rings (SSSR count). The Kier molecular flexibility index (Phi) is 8.80. The number of piperidine rings is 1. The minimum atomic E-state index is -0.524. The Bertz CT molecular complexity index is 1240. The highest BCUT2D eigenvalue weighted by molar-refractivity contribution is 5.79. The van der Waals surface area contributed by atoms with Gasteiger partial charge in [0.25, 0.3) is 0 Å². The molecule has 39 heavy (non-hydrogen) atoms. The molecular weight excluding hydrogens is 501 g/mol. The molecule has 2 aliphatic rings. The van der Waals surface area contributed by atoms with Crippen LogP contribution < -0.4 is 5.32 Å². The standard InChI is InChI=1S/C28H36FN7O3/c1-35(2)15-12-31-28-30-11-10-22(32-28)26-25(19-6-8-21(29)9-7-19)33-23(34-26)16-24-38-17-20(18-39-24)27(37)36-13-4-3-5-14-36/h6-11,20,24H,3-5,12-18H2,1-2H3,(H,33,34)(H,30,31,32). The maximum Gasteiger partial charge on any atom is 0.230 e. The zero-order valence-electron chi connectivity index (χ0n) is 22.5. The first-order valence-electron chi connectivity index (χ1n) is 13.5. The molecule has 0 saturated carbocycles. The first-order chi connectivity index (χ1) is 19.0. The van der Waals surface area contributed by atoms with Gasteiger partial charge in [-0.3, -0.25) is 4.79 Å². The highest BCUT2D eigenvalue weighted by Crippen LogP contribution is 2.30. The summed E-state index contributed by atoms with van der Waals surface area (Å²) >= 11 is 0. The Balaban J connectivity index is 1.31. The summed E-state index contributed by atoms with van der Waals surface area (Å²) < 4.78 is 25.5. The summed E-state index contributed by atoms with van der Waals surface area (Å²) in [5.74, 6) is 0.685. The Labute approximate surface area is 227 Å². The average Bonchev–Trinajstić information content (AvgIpc) is 3.37. The van der Waals surface area contributed by atoms with Crippen molar-refractivity contribution in [1.29, 1.82) is 0 Å². The number of imidazole rings is 1. The number of carbonyl (C=O) groups is 1. The van der Waals surface area contributed by atoms with Gasteiger partial charge in [0.2, 0.25) is 11.9 Å². The van der Waals surface area contributed by atoms with Gasteiger partial charge < -0.3 is 29.6 Å².